The Morgan fingerprint density at radius 2 is 1.88 bits per heavy atom. The van der Waals surface area contributed by atoms with Crippen LogP contribution in [0, 0.1) is 6.92 Å². The van der Waals surface area contributed by atoms with E-state index in [0.29, 0.717) is 19.6 Å². The number of alkyl halides is 3. The topological polar surface area (TPSA) is 49.3 Å². The molecule has 2 aromatic heterocycles. The minimum atomic E-state index is -4.51. The van der Waals surface area contributed by atoms with Crippen molar-refractivity contribution in [2.24, 2.45) is 0 Å². The molecule has 0 saturated carbocycles. The summed E-state index contributed by atoms with van der Waals surface area (Å²) >= 11 is 0. The third kappa shape index (κ3) is 3.95. The molecule has 0 aromatic carbocycles. The Bertz CT molecular complexity index is 777. The molecule has 1 saturated heterocycles. The number of anilines is 1. The number of carbonyl (C=O) groups is 1. The van der Waals surface area contributed by atoms with Crippen LogP contribution in [0.5, 0.6) is 0 Å². The van der Waals surface area contributed by atoms with Gasteiger partial charge in [0.15, 0.2) is 0 Å². The highest BCUT2D eigenvalue weighted by molar-refractivity contribution is 5.94. The highest BCUT2D eigenvalue weighted by Gasteiger charge is 2.32. The zero-order chi connectivity index (χ0) is 18.7. The Hall–Kier alpha value is -2.64. The van der Waals surface area contributed by atoms with E-state index in [0.717, 1.165) is 36.5 Å². The predicted octanol–water partition coefficient (Wildman–Crippen LogP) is 3.16. The molecule has 2 aromatic rings. The molecule has 138 valence electrons. The van der Waals surface area contributed by atoms with Crippen LogP contribution >= 0.6 is 0 Å². The fourth-order valence-electron chi connectivity index (χ4n) is 3.05. The van der Waals surface area contributed by atoms with Gasteiger partial charge in [-0.2, -0.15) is 13.2 Å². The number of nitrogens with zero attached hydrogens (tertiary/aromatic N) is 4. The van der Waals surface area contributed by atoms with E-state index in [9.17, 15) is 18.0 Å². The molecule has 0 atom stereocenters. The molecular weight excluding hydrogens is 345 g/mol. The van der Waals surface area contributed by atoms with Crippen molar-refractivity contribution in [2.45, 2.75) is 19.5 Å². The molecule has 3 heterocycles. The van der Waals surface area contributed by atoms with Crippen LogP contribution < -0.4 is 4.90 Å². The van der Waals surface area contributed by atoms with Gasteiger partial charge in [-0.1, -0.05) is 0 Å². The zero-order valence-electron chi connectivity index (χ0n) is 14.3. The van der Waals surface area contributed by atoms with Gasteiger partial charge in [0.1, 0.15) is 5.69 Å². The third-order valence-corrected chi connectivity index (χ3v) is 4.42. The van der Waals surface area contributed by atoms with Gasteiger partial charge in [-0.15, -0.1) is 0 Å². The molecule has 1 amide bonds. The molecule has 0 N–H and O–H groups in total. The van der Waals surface area contributed by atoms with E-state index in [2.05, 4.69) is 14.9 Å². The van der Waals surface area contributed by atoms with Gasteiger partial charge in [0, 0.05) is 50.5 Å². The van der Waals surface area contributed by atoms with Crippen molar-refractivity contribution < 1.29 is 18.0 Å². The van der Waals surface area contributed by atoms with Crippen molar-refractivity contribution in [3.63, 3.8) is 0 Å². The van der Waals surface area contributed by atoms with E-state index in [1.54, 1.807) is 17.3 Å². The van der Waals surface area contributed by atoms with E-state index in [1.165, 1.54) is 6.07 Å². The Labute approximate surface area is 149 Å². The molecule has 1 fully saturated rings. The van der Waals surface area contributed by atoms with E-state index >= 15 is 0 Å². The Morgan fingerprint density at radius 3 is 2.54 bits per heavy atom. The van der Waals surface area contributed by atoms with Gasteiger partial charge in [-0.25, -0.2) is 0 Å². The van der Waals surface area contributed by atoms with Gasteiger partial charge >= 0.3 is 6.18 Å². The van der Waals surface area contributed by atoms with E-state index < -0.39 is 11.9 Å². The first kappa shape index (κ1) is 18.2. The maximum absolute atomic E-state index is 12.6. The Balaban J connectivity index is 1.69. The number of rotatable bonds is 2. The standard InChI is InChI=1S/C18H19F3N4O/c1-13-11-22-6-5-15(13)24-7-2-8-25(10-9-24)17(26)14-3-4-16(23-12-14)18(19,20)21/h3-6,11-12H,2,7-10H2,1H3. The van der Waals surface area contributed by atoms with Gasteiger partial charge in [0.2, 0.25) is 0 Å². The fraction of sp³-hybridized carbons (Fsp3) is 0.389. The maximum Gasteiger partial charge on any atom is 0.433 e. The number of aryl methyl sites for hydroxylation is 1. The van der Waals surface area contributed by atoms with Crippen molar-refractivity contribution in [2.75, 3.05) is 31.1 Å². The van der Waals surface area contributed by atoms with Crippen LogP contribution in [0.3, 0.4) is 0 Å². The van der Waals surface area contributed by atoms with Gasteiger partial charge in [-0.05, 0) is 37.1 Å². The third-order valence-electron chi connectivity index (χ3n) is 4.42. The quantitative estimate of drug-likeness (QED) is 0.821. The average Bonchev–Trinajstić information content (AvgIpc) is 2.87. The van der Waals surface area contributed by atoms with Gasteiger partial charge in [0.25, 0.3) is 5.91 Å². The number of amides is 1. The van der Waals surface area contributed by atoms with Gasteiger partial charge < -0.3 is 9.80 Å². The number of hydrogen-bond acceptors (Lipinski definition) is 4. The zero-order valence-corrected chi connectivity index (χ0v) is 14.3. The highest BCUT2D eigenvalue weighted by atomic mass is 19.4. The smallest absolute Gasteiger partial charge is 0.369 e. The minimum absolute atomic E-state index is 0.173. The summed E-state index contributed by atoms with van der Waals surface area (Å²) in [6, 6.07) is 3.98. The fourth-order valence-corrected chi connectivity index (χ4v) is 3.05. The highest BCUT2D eigenvalue weighted by Crippen LogP contribution is 2.27. The van der Waals surface area contributed by atoms with Gasteiger partial charge in [-0.3, -0.25) is 14.8 Å². The summed E-state index contributed by atoms with van der Waals surface area (Å²) in [4.78, 5) is 23.9. The molecule has 0 radical (unpaired) electrons. The molecule has 3 rings (SSSR count). The Kier molecular flexibility index (Phi) is 5.11. The van der Waals surface area contributed by atoms with Crippen molar-refractivity contribution in [3.8, 4) is 0 Å². The molecule has 26 heavy (non-hydrogen) atoms. The van der Waals surface area contributed by atoms with Crippen LogP contribution in [-0.2, 0) is 6.18 Å². The van der Waals surface area contributed by atoms with Gasteiger partial charge in [0.05, 0.1) is 5.56 Å². The molecule has 8 heteroatoms. The van der Waals surface area contributed by atoms with Crippen molar-refractivity contribution in [1.82, 2.24) is 14.9 Å². The number of pyridine rings is 2. The van der Waals surface area contributed by atoms with Crippen LogP contribution in [0.4, 0.5) is 18.9 Å². The normalized spacial score (nSPS) is 15.7. The lowest BCUT2D eigenvalue weighted by atomic mass is 10.2. The van der Waals surface area contributed by atoms with Crippen LogP contribution in [-0.4, -0.2) is 47.0 Å². The first-order valence-electron chi connectivity index (χ1n) is 8.34. The SMILES string of the molecule is Cc1cnccc1N1CCCN(C(=O)c2ccc(C(F)(F)F)nc2)CC1. The lowest BCUT2D eigenvalue weighted by Crippen LogP contribution is -2.35. The predicted molar refractivity (Wildman–Crippen MR) is 90.9 cm³/mol. The van der Waals surface area contributed by atoms with Crippen LogP contribution in [0.25, 0.3) is 0 Å². The average molecular weight is 364 g/mol. The number of aromatic nitrogens is 2. The lowest BCUT2D eigenvalue weighted by molar-refractivity contribution is -0.141. The summed E-state index contributed by atoms with van der Waals surface area (Å²) in [5.74, 6) is -0.292. The lowest BCUT2D eigenvalue weighted by Gasteiger charge is -2.25. The molecule has 0 unspecified atom stereocenters. The molecule has 0 spiro atoms. The molecule has 1 aliphatic rings. The molecule has 0 aliphatic carbocycles. The maximum atomic E-state index is 12.6. The Morgan fingerprint density at radius 1 is 1.08 bits per heavy atom. The minimum Gasteiger partial charge on any atom is -0.369 e. The summed E-state index contributed by atoms with van der Waals surface area (Å²) in [5, 5.41) is 0. The summed E-state index contributed by atoms with van der Waals surface area (Å²) < 4.78 is 37.8. The summed E-state index contributed by atoms with van der Waals surface area (Å²) in [6.45, 7) is 4.51. The molecular formula is C18H19F3N4O. The van der Waals surface area contributed by atoms with E-state index in [4.69, 9.17) is 0 Å². The number of halogens is 3. The summed E-state index contributed by atoms with van der Waals surface area (Å²) in [5.41, 5.74) is 1.33. The second kappa shape index (κ2) is 7.31. The van der Waals surface area contributed by atoms with Crippen molar-refractivity contribution >= 4 is 11.6 Å². The van der Waals surface area contributed by atoms with Crippen molar-refractivity contribution in [1.29, 1.82) is 0 Å². The van der Waals surface area contributed by atoms with Crippen LogP contribution in [0.15, 0.2) is 36.8 Å². The second-order valence-corrected chi connectivity index (χ2v) is 6.22. The van der Waals surface area contributed by atoms with Crippen LogP contribution in [0.2, 0.25) is 0 Å². The van der Waals surface area contributed by atoms with Crippen LogP contribution in [0.1, 0.15) is 28.0 Å². The second-order valence-electron chi connectivity index (χ2n) is 6.22. The number of hydrogen-bond donors (Lipinski definition) is 0. The molecule has 0 bridgehead atoms. The summed E-state index contributed by atoms with van der Waals surface area (Å²) in [6.07, 6.45) is 0.816. The van der Waals surface area contributed by atoms with Crippen molar-refractivity contribution in [3.05, 3.63) is 53.6 Å². The monoisotopic (exact) mass is 364 g/mol. The largest absolute Gasteiger partial charge is 0.433 e. The first-order valence-corrected chi connectivity index (χ1v) is 8.34. The van der Waals surface area contributed by atoms with E-state index in [-0.39, 0.29) is 11.5 Å². The first-order chi connectivity index (χ1) is 12.4. The molecule has 1 aliphatic heterocycles. The number of carbonyl (C=O) groups excluding carboxylic acids is 1. The summed E-state index contributed by atoms with van der Waals surface area (Å²) in [7, 11) is 0. The van der Waals surface area contributed by atoms with E-state index in [1.807, 2.05) is 13.0 Å². The molecule has 5 nitrogen and oxygen atoms in total.